The monoisotopic (exact) mass is 396 g/mol. The maximum atomic E-state index is 12.7. The van der Waals surface area contributed by atoms with Gasteiger partial charge < -0.3 is 15.1 Å². The molecule has 0 aromatic carbocycles. The van der Waals surface area contributed by atoms with Gasteiger partial charge in [-0.3, -0.25) is 14.7 Å². The minimum absolute atomic E-state index is 0.0274. The molecular formula is C21H28N6O2. The zero-order valence-electron chi connectivity index (χ0n) is 17.1. The number of nitrogens with one attached hydrogen (secondary N) is 2. The number of H-pyrrole nitrogens is 1. The van der Waals surface area contributed by atoms with Crippen molar-refractivity contribution in [3.63, 3.8) is 0 Å². The number of pyridine rings is 1. The van der Waals surface area contributed by atoms with Crippen LogP contribution in [0.25, 0.3) is 0 Å². The van der Waals surface area contributed by atoms with Crippen molar-refractivity contribution in [1.82, 2.24) is 25.0 Å². The lowest BCUT2D eigenvalue weighted by atomic mass is 9.96. The second-order valence-electron chi connectivity index (χ2n) is 7.94. The molecule has 1 aliphatic heterocycles. The highest BCUT2D eigenvalue weighted by Crippen LogP contribution is 2.23. The standard InChI is InChI=1S/C21H28N6O2/c1-14(28)26(2)16-9-10-27(13-16)21(29)15-7-8-20(22-11-15)23-12-19-17-5-3-4-6-18(17)24-25-19/h7-8,11,16H,3-6,9-10,12-13H2,1-2H3,(H,22,23)(H,24,25)/t16-/m0/s1. The van der Waals surface area contributed by atoms with E-state index in [1.165, 1.54) is 24.1 Å². The number of carbonyl (C=O) groups excluding carboxylic acids is 2. The summed E-state index contributed by atoms with van der Waals surface area (Å²) in [5.74, 6) is 0.717. The summed E-state index contributed by atoms with van der Waals surface area (Å²) in [5.41, 5.74) is 4.23. The first kappa shape index (κ1) is 19.4. The molecule has 8 heteroatoms. The van der Waals surface area contributed by atoms with Gasteiger partial charge in [-0.05, 0) is 49.8 Å². The van der Waals surface area contributed by atoms with Crippen LogP contribution in [0.3, 0.4) is 0 Å². The van der Waals surface area contributed by atoms with Crippen molar-refractivity contribution in [3.8, 4) is 0 Å². The number of likely N-dealkylation sites (N-methyl/N-ethyl adjacent to an activating group) is 1. The Morgan fingerprint density at radius 3 is 2.90 bits per heavy atom. The van der Waals surface area contributed by atoms with Gasteiger partial charge in [0.15, 0.2) is 0 Å². The number of aryl methyl sites for hydroxylation is 1. The van der Waals surface area contributed by atoms with E-state index in [0.29, 0.717) is 25.2 Å². The number of aromatic nitrogens is 3. The van der Waals surface area contributed by atoms with Crippen molar-refractivity contribution in [1.29, 1.82) is 0 Å². The third-order valence-electron chi connectivity index (χ3n) is 6.08. The van der Waals surface area contributed by atoms with E-state index in [0.717, 1.165) is 30.8 Å². The van der Waals surface area contributed by atoms with Crippen LogP contribution in [0.15, 0.2) is 18.3 Å². The van der Waals surface area contributed by atoms with Crippen molar-refractivity contribution in [2.24, 2.45) is 0 Å². The van der Waals surface area contributed by atoms with E-state index < -0.39 is 0 Å². The number of hydrogen-bond donors (Lipinski definition) is 2. The molecule has 3 heterocycles. The minimum atomic E-state index is -0.0372. The average Bonchev–Trinajstić information content (AvgIpc) is 3.39. The van der Waals surface area contributed by atoms with Gasteiger partial charge in [0.25, 0.3) is 5.91 Å². The number of hydrogen-bond acceptors (Lipinski definition) is 5. The molecule has 154 valence electrons. The van der Waals surface area contributed by atoms with Crippen LogP contribution in [-0.4, -0.2) is 63.0 Å². The van der Waals surface area contributed by atoms with E-state index in [-0.39, 0.29) is 17.9 Å². The molecule has 2 amide bonds. The first-order valence-corrected chi connectivity index (χ1v) is 10.3. The molecule has 8 nitrogen and oxygen atoms in total. The molecule has 0 unspecified atom stereocenters. The maximum Gasteiger partial charge on any atom is 0.255 e. The summed E-state index contributed by atoms with van der Waals surface area (Å²) in [6.45, 7) is 3.40. The lowest BCUT2D eigenvalue weighted by Crippen LogP contribution is -2.38. The Kier molecular flexibility index (Phi) is 5.51. The molecule has 1 fully saturated rings. The fourth-order valence-electron chi connectivity index (χ4n) is 4.18. The summed E-state index contributed by atoms with van der Waals surface area (Å²) >= 11 is 0. The van der Waals surface area contributed by atoms with Crippen LogP contribution in [-0.2, 0) is 24.2 Å². The van der Waals surface area contributed by atoms with Gasteiger partial charge in [0.2, 0.25) is 5.91 Å². The van der Waals surface area contributed by atoms with E-state index in [4.69, 9.17) is 0 Å². The van der Waals surface area contributed by atoms with Crippen LogP contribution in [0.1, 0.15) is 53.5 Å². The number of likely N-dealkylation sites (tertiary alicyclic amines) is 1. The Balaban J connectivity index is 1.34. The van der Waals surface area contributed by atoms with Crippen LogP contribution >= 0.6 is 0 Å². The van der Waals surface area contributed by atoms with Gasteiger partial charge in [-0.1, -0.05) is 0 Å². The van der Waals surface area contributed by atoms with E-state index in [1.54, 1.807) is 36.0 Å². The number of fused-ring (bicyclic) bond motifs is 1. The highest BCUT2D eigenvalue weighted by atomic mass is 16.2. The Morgan fingerprint density at radius 2 is 2.14 bits per heavy atom. The Hall–Kier alpha value is -2.90. The van der Waals surface area contributed by atoms with Gasteiger partial charge in [0.05, 0.1) is 23.8 Å². The number of carbonyl (C=O) groups is 2. The molecule has 0 spiro atoms. The Labute approximate surface area is 170 Å². The van der Waals surface area contributed by atoms with Crippen molar-refractivity contribution in [2.75, 3.05) is 25.5 Å². The predicted octanol–water partition coefficient (Wildman–Crippen LogP) is 1.99. The largest absolute Gasteiger partial charge is 0.364 e. The SMILES string of the molecule is CC(=O)N(C)[C@H]1CCN(C(=O)c2ccc(NCc3n[nH]c4c3CCCC4)nc2)C1. The average molecular weight is 396 g/mol. The van der Waals surface area contributed by atoms with E-state index >= 15 is 0 Å². The number of anilines is 1. The van der Waals surface area contributed by atoms with Gasteiger partial charge in [-0.2, -0.15) is 5.10 Å². The van der Waals surface area contributed by atoms with Gasteiger partial charge in [0.1, 0.15) is 5.82 Å². The van der Waals surface area contributed by atoms with Crippen LogP contribution < -0.4 is 5.32 Å². The van der Waals surface area contributed by atoms with Gasteiger partial charge in [-0.25, -0.2) is 4.98 Å². The minimum Gasteiger partial charge on any atom is -0.364 e. The molecular weight excluding hydrogens is 368 g/mol. The van der Waals surface area contributed by atoms with Gasteiger partial charge >= 0.3 is 0 Å². The summed E-state index contributed by atoms with van der Waals surface area (Å²) in [5, 5.41) is 10.9. The predicted molar refractivity (Wildman–Crippen MR) is 110 cm³/mol. The lowest BCUT2D eigenvalue weighted by Gasteiger charge is -2.23. The molecule has 2 N–H and O–H groups in total. The molecule has 0 saturated carbocycles. The van der Waals surface area contributed by atoms with Gasteiger partial charge in [-0.15, -0.1) is 0 Å². The molecule has 2 aromatic rings. The Morgan fingerprint density at radius 1 is 1.31 bits per heavy atom. The molecule has 2 aliphatic rings. The third-order valence-corrected chi connectivity index (χ3v) is 6.08. The maximum absolute atomic E-state index is 12.7. The van der Waals surface area contributed by atoms with Crippen LogP contribution in [0.4, 0.5) is 5.82 Å². The fraction of sp³-hybridized carbons (Fsp3) is 0.524. The molecule has 1 aliphatic carbocycles. The first-order chi connectivity index (χ1) is 14.0. The summed E-state index contributed by atoms with van der Waals surface area (Å²) in [6.07, 6.45) is 7.03. The zero-order valence-corrected chi connectivity index (χ0v) is 17.1. The van der Waals surface area contributed by atoms with Crippen molar-refractivity contribution < 1.29 is 9.59 Å². The van der Waals surface area contributed by atoms with Crippen molar-refractivity contribution >= 4 is 17.6 Å². The lowest BCUT2D eigenvalue weighted by molar-refractivity contribution is -0.129. The molecule has 29 heavy (non-hydrogen) atoms. The van der Waals surface area contributed by atoms with E-state index in [2.05, 4.69) is 20.5 Å². The number of amides is 2. The van der Waals surface area contributed by atoms with Crippen LogP contribution in [0.5, 0.6) is 0 Å². The zero-order chi connectivity index (χ0) is 20.4. The number of nitrogens with zero attached hydrogens (tertiary/aromatic N) is 4. The van der Waals surface area contributed by atoms with Crippen LogP contribution in [0.2, 0.25) is 0 Å². The molecule has 0 bridgehead atoms. The second-order valence-corrected chi connectivity index (χ2v) is 7.94. The molecule has 1 saturated heterocycles. The fourth-order valence-corrected chi connectivity index (χ4v) is 4.18. The number of aromatic amines is 1. The summed E-state index contributed by atoms with van der Waals surface area (Å²) < 4.78 is 0. The molecule has 1 atom stereocenters. The summed E-state index contributed by atoms with van der Waals surface area (Å²) in [7, 11) is 1.79. The van der Waals surface area contributed by atoms with E-state index in [1.807, 2.05) is 6.07 Å². The Bertz CT molecular complexity index is 891. The molecule has 4 rings (SSSR count). The van der Waals surface area contributed by atoms with Crippen molar-refractivity contribution in [2.45, 2.75) is 51.6 Å². The quantitative estimate of drug-likeness (QED) is 0.806. The number of rotatable bonds is 5. The van der Waals surface area contributed by atoms with E-state index in [9.17, 15) is 9.59 Å². The molecule has 2 aromatic heterocycles. The summed E-state index contributed by atoms with van der Waals surface area (Å²) in [4.78, 5) is 32.2. The highest BCUT2D eigenvalue weighted by molar-refractivity contribution is 5.94. The third kappa shape index (κ3) is 4.11. The normalized spacial score (nSPS) is 18.4. The second kappa shape index (κ2) is 8.23. The topological polar surface area (TPSA) is 94.2 Å². The van der Waals surface area contributed by atoms with Gasteiger partial charge in [0, 0.05) is 39.0 Å². The first-order valence-electron chi connectivity index (χ1n) is 10.3. The van der Waals surface area contributed by atoms with Crippen molar-refractivity contribution in [3.05, 3.63) is 40.8 Å². The molecule has 0 radical (unpaired) electrons. The van der Waals surface area contributed by atoms with Crippen LogP contribution in [0, 0.1) is 0 Å². The summed E-state index contributed by atoms with van der Waals surface area (Å²) in [6, 6.07) is 3.73. The highest BCUT2D eigenvalue weighted by Gasteiger charge is 2.30. The smallest absolute Gasteiger partial charge is 0.255 e.